The molecule has 0 bridgehead atoms. The lowest BCUT2D eigenvalue weighted by atomic mass is 10.1. The molecular formula is C6H15ClN2O2. The molecule has 0 heterocycles. The van der Waals surface area contributed by atoms with Gasteiger partial charge in [-0.3, -0.25) is 4.90 Å². The van der Waals surface area contributed by atoms with Crippen molar-refractivity contribution in [2.24, 2.45) is 5.73 Å². The molecule has 4 nitrogen and oxygen atoms in total. The Morgan fingerprint density at radius 1 is 1.55 bits per heavy atom. The van der Waals surface area contributed by atoms with Gasteiger partial charge in [-0.1, -0.05) is 0 Å². The van der Waals surface area contributed by atoms with Gasteiger partial charge in [0.1, 0.15) is 0 Å². The van der Waals surface area contributed by atoms with Crippen molar-refractivity contribution in [3.63, 3.8) is 0 Å². The van der Waals surface area contributed by atoms with Crippen LogP contribution < -0.4 is 5.73 Å². The molecule has 0 atom stereocenters. The van der Waals surface area contributed by atoms with Crippen LogP contribution in [0.5, 0.6) is 0 Å². The van der Waals surface area contributed by atoms with Gasteiger partial charge < -0.3 is 10.8 Å². The summed E-state index contributed by atoms with van der Waals surface area (Å²) in [5.41, 5.74) is 4.80. The summed E-state index contributed by atoms with van der Waals surface area (Å²) >= 11 is 0. The van der Waals surface area contributed by atoms with E-state index in [4.69, 9.17) is 10.8 Å². The van der Waals surface area contributed by atoms with Gasteiger partial charge in [0.15, 0.2) is 0 Å². The van der Waals surface area contributed by atoms with E-state index in [2.05, 4.69) is 0 Å². The van der Waals surface area contributed by atoms with E-state index in [9.17, 15) is 4.79 Å². The molecule has 0 aliphatic carbocycles. The van der Waals surface area contributed by atoms with Crippen molar-refractivity contribution in [1.82, 2.24) is 4.90 Å². The molecule has 0 aromatic rings. The van der Waals surface area contributed by atoms with Gasteiger partial charge in [0.2, 0.25) is 0 Å². The maximum Gasteiger partial charge on any atom is 0.408 e. The van der Waals surface area contributed by atoms with E-state index in [-0.39, 0.29) is 19.1 Å². The van der Waals surface area contributed by atoms with Crippen LogP contribution in [-0.4, -0.2) is 28.3 Å². The van der Waals surface area contributed by atoms with Crippen LogP contribution in [0.3, 0.4) is 0 Å². The predicted molar refractivity (Wildman–Crippen MR) is 45.9 cm³/mol. The monoisotopic (exact) mass is 182 g/mol. The van der Waals surface area contributed by atoms with Crippen molar-refractivity contribution >= 4 is 18.5 Å². The molecule has 0 aliphatic heterocycles. The number of nitrogens with two attached hydrogens (primary N) is 1. The van der Waals surface area contributed by atoms with Crippen LogP contribution in [0.2, 0.25) is 0 Å². The normalized spacial score (nSPS) is 10.2. The summed E-state index contributed by atoms with van der Waals surface area (Å²) in [5, 5.41) is 8.55. The molecule has 0 saturated heterocycles. The number of rotatable bonds is 1. The van der Waals surface area contributed by atoms with E-state index in [1.165, 1.54) is 4.90 Å². The zero-order chi connectivity index (χ0) is 8.36. The van der Waals surface area contributed by atoms with Gasteiger partial charge in [-0.25, -0.2) is 4.79 Å². The molecule has 0 aliphatic rings. The highest BCUT2D eigenvalue weighted by Crippen LogP contribution is 2.10. The highest BCUT2D eigenvalue weighted by atomic mass is 35.5. The maximum atomic E-state index is 10.4. The third kappa shape index (κ3) is 4.06. The first-order chi connectivity index (χ1) is 4.39. The smallest absolute Gasteiger partial charge is 0.408 e. The maximum absolute atomic E-state index is 10.4. The second-order valence-corrected chi connectivity index (χ2v) is 3.06. The van der Waals surface area contributed by atoms with Crippen LogP contribution in [0.25, 0.3) is 0 Å². The van der Waals surface area contributed by atoms with Crippen LogP contribution in [0.4, 0.5) is 4.79 Å². The van der Waals surface area contributed by atoms with Crippen molar-refractivity contribution in [3.05, 3.63) is 0 Å². The summed E-state index contributed by atoms with van der Waals surface area (Å²) < 4.78 is 0. The highest BCUT2D eigenvalue weighted by Gasteiger charge is 2.23. The SMILES string of the molecule is CC(C)(C)N(CN)C(=O)O.Cl. The fourth-order valence-electron chi connectivity index (χ4n) is 0.639. The summed E-state index contributed by atoms with van der Waals surface area (Å²) in [6, 6.07) is 0. The molecule has 11 heavy (non-hydrogen) atoms. The molecule has 1 amide bonds. The minimum atomic E-state index is -0.977. The lowest BCUT2D eigenvalue weighted by Gasteiger charge is -2.31. The van der Waals surface area contributed by atoms with Crippen LogP contribution >= 0.6 is 12.4 Å². The Labute approximate surface area is 72.8 Å². The lowest BCUT2D eigenvalue weighted by Crippen LogP contribution is -2.47. The second-order valence-electron chi connectivity index (χ2n) is 3.06. The average Bonchev–Trinajstić information content (AvgIpc) is 1.60. The summed E-state index contributed by atoms with van der Waals surface area (Å²) in [5.74, 6) is 0. The van der Waals surface area contributed by atoms with Crippen molar-refractivity contribution in [1.29, 1.82) is 0 Å². The Hall–Kier alpha value is -0.480. The quantitative estimate of drug-likeness (QED) is 0.597. The first kappa shape index (κ1) is 13.1. The van der Waals surface area contributed by atoms with E-state index in [0.717, 1.165) is 0 Å². The Morgan fingerprint density at radius 2 is 1.91 bits per heavy atom. The summed E-state index contributed by atoms with van der Waals surface area (Å²) in [6.45, 7) is 5.44. The number of carbonyl (C=O) groups is 1. The number of hydrogen-bond acceptors (Lipinski definition) is 2. The second kappa shape index (κ2) is 4.41. The molecular weight excluding hydrogens is 168 g/mol. The average molecular weight is 183 g/mol. The van der Waals surface area contributed by atoms with E-state index in [0.29, 0.717) is 0 Å². The fraction of sp³-hybridized carbons (Fsp3) is 0.833. The molecule has 0 aromatic carbocycles. The van der Waals surface area contributed by atoms with Crippen molar-refractivity contribution in [3.8, 4) is 0 Å². The van der Waals surface area contributed by atoms with Gasteiger partial charge in [0.05, 0.1) is 6.67 Å². The molecule has 0 fully saturated rings. The number of amides is 1. The van der Waals surface area contributed by atoms with E-state index >= 15 is 0 Å². The molecule has 3 N–H and O–H groups in total. The van der Waals surface area contributed by atoms with Gasteiger partial charge >= 0.3 is 6.09 Å². The Morgan fingerprint density at radius 3 is 1.91 bits per heavy atom. The largest absolute Gasteiger partial charge is 0.465 e. The minimum Gasteiger partial charge on any atom is -0.465 e. The Kier molecular flexibility index (Phi) is 5.26. The topological polar surface area (TPSA) is 66.6 Å². The summed E-state index contributed by atoms with van der Waals surface area (Å²) in [6.07, 6.45) is -0.977. The van der Waals surface area contributed by atoms with Crippen molar-refractivity contribution in [2.45, 2.75) is 26.3 Å². The number of carboxylic acid groups (broad SMARTS) is 1. The fourth-order valence-corrected chi connectivity index (χ4v) is 0.639. The minimum absolute atomic E-state index is 0. The van der Waals surface area contributed by atoms with E-state index in [1.54, 1.807) is 20.8 Å². The highest BCUT2D eigenvalue weighted by molar-refractivity contribution is 5.85. The van der Waals surface area contributed by atoms with Gasteiger partial charge in [-0.2, -0.15) is 0 Å². The Bertz CT molecular complexity index is 133. The predicted octanol–water partition coefficient (Wildman–Crippen LogP) is 1.10. The number of halogens is 1. The molecule has 0 saturated carbocycles. The molecule has 68 valence electrons. The van der Waals surface area contributed by atoms with Crippen LogP contribution in [0.1, 0.15) is 20.8 Å². The van der Waals surface area contributed by atoms with Crippen LogP contribution in [-0.2, 0) is 0 Å². The molecule has 5 heteroatoms. The van der Waals surface area contributed by atoms with Gasteiger partial charge in [-0.15, -0.1) is 12.4 Å². The summed E-state index contributed by atoms with van der Waals surface area (Å²) in [7, 11) is 0. The molecule has 0 unspecified atom stereocenters. The zero-order valence-electron chi connectivity index (χ0n) is 7.00. The first-order valence-corrected chi connectivity index (χ1v) is 3.10. The molecule has 0 aromatic heterocycles. The van der Waals surface area contributed by atoms with Gasteiger partial charge in [0.25, 0.3) is 0 Å². The van der Waals surface area contributed by atoms with Crippen LogP contribution in [0.15, 0.2) is 0 Å². The zero-order valence-corrected chi connectivity index (χ0v) is 7.81. The first-order valence-electron chi connectivity index (χ1n) is 3.10. The molecule has 0 rings (SSSR count). The third-order valence-corrected chi connectivity index (χ3v) is 1.22. The van der Waals surface area contributed by atoms with E-state index < -0.39 is 11.6 Å². The van der Waals surface area contributed by atoms with Crippen molar-refractivity contribution in [2.75, 3.05) is 6.67 Å². The van der Waals surface area contributed by atoms with Gasteiger partial charge in [0, 0.05) is 5.54 Å². The third-order valence-electron chi connectivity index (χ3n) is 1.22. The van der Waals surface area contributed by atoms with Gasteiger partial charge in [-0.05, 0) is 20.8 Å². The Balaban J connectivity index is 0. The standard InChI is InChI=1S/C6H14N2O2.ClH/c1-6(2,3)8(4-7)5(9)10;/h4,7H2,1-3H3,(H,9,10);1H. The number of hydrogen-bond donors (Lipinski definition) is 2. The summed E-state index contributed by atoms with van der Waals surface area (Å²) in [4.78, 5) is 11.6. The van der Waals surface area contributed by atoms with E-state index in [1.807, 2.05) is 0 Å². The lowest BCUT2D eigenvalue weighted by molar-refractivity contribution is 0.102. The molecule has 0 spiro atoms. The van der Waals surface area contributed by atoms with Crippen LogP contribution in [0, 0.1) is 0 Å². The molecule has 0 radical (unpaired) electrons. The van der Waals surface area contributed by atoms with Crippen molar-refractivity contribution < 1.29 is 9.90 Å². The number of nitrogens with zero attached hydrogens (tertiary/aromatic N) is 1.